The van der Waals surface area contributed by atoms with Crippen molar-refractivity contribution in [2.75, 3.05) is 0 Å². The van der Waals surface area contributed by atoms with Gasteiger partial charge in [-0.25, -0.2) is 9.78 Å². The highest BCUT2D eigenvalue weighted by atomic mass is 35.5. The molecule has 4 rings (SSSR count). The number of hydrogen-bond donors (Lipinski definition) is 0. The van der Waals surface area contributed by atoms with Crippen LogP contribution in [0.2, 0.25) is 5.02 Å². The molecule has 0 radical (unpaired) electrons. The van der Waals surface area contributed by atoms with Gasteiger partial charge in [-0.15, -0.1) is 0 Å². The Bertz CT molecular complexity index is 841. The normalized spacial score (nSPS) is 18.0. The molecule has 1 aliphatic heterocycles. The first-order chi connectivity index (χ1) is 10.2. The molecule has 5 heteroatoms. The molecule has 0 amide bonds. The van der Waals surface area contributed by atoms with Gasteiger partial charge in [0, 0.05) is 5.02 Å². The summed E-state index contributed by atoms with van der Waals surface area (Å²) in [5.41, 5.74) is 3.06. The van der Waals surface area contributed by atoms with Crippen molar-refractivity contribution in [2.24, 2.45) is 0 Å². The largest absolute Gasteiger partial charge is 0.324 e. The Morgan fingerprint density at radius 3 is 2.71 bits per heavy atom. The Morgan fingerprint density at radius 2 is 1.90 bits per heavy atom. The standard InChI is InChI=1S/C16H11ClN2OS/c17-11-7-5-10(6-8-11)14-9-15(20)19-13-4-2-1-3-12(13)18-16(19)21-14/h1-8,14H,9H2/p+1. The van der Waals surface area contributed by atoms with Crippen molar-refractivity contribution < 1.29 is 9.78 Å². The monoisotopic (exact) mass is 315 g/mol. The van der Waals surface area contributed by atoms with Crippen LogP contribution in [0.25, 0.3) is 11.0 Å². The van der Waals surface area contributed by atoms with Crippen LogP contribution in [0.5, 0.6) is 0 Å². The molecule has 0 fully saturated rings. The number of rotatable bonds is 1. The number of benzene rings is 2. The second-order valence-corrected chi connectivity index (χ2v) is 6.67. The average Bonchev–Trinajstić information content (AvgIpc) is 2.86. The number of thioether (sulfide) groups is 1. The molecule has 1 aromatic heterocycles. The quantitative estimate of drug-likeness (QED) is 0.681. The van der Waals surface area contributed by atoms with Gasteiger partial charge >= 0.3 is 11.1 Å². The molecule has 2 heterocycles. The Hall–Kier alpha value is -1.78. The molecule has 0 spiro atoms. The molecule has 0 saturated heterocycles. The number of nitrogens with zero attached hydrogens (tertiary/aromatic N) is 1. The van der Waals surface area contributed by atoms with E-state index in [1.807, 2.05) is 48.5 Å². The highest BCUT2D eigenvalue weighted by Gasteiger charge is 2.35. The number of H-pyrrole nitrogens is 1. The molecule has 1 N–H and O–H groups in total. The molecule has 1 atom stereocenters. The molecule has 2 aromatic carbocycles. The molecule has 21 heavy (non-hydrogen) atoms. The highest BCUT2D eigenvalue weighted by Crippen LogP contribution is 2.41. The zero-order valence-electron chi connectivity index (χ0n) is 11.0. The number of carbonyl (C=O) groups is 1. The van der Waals surface area contributed by atoms with Crippen LogP contribution in [-0.2, 0) is 0 Å². The summed E-state index contributed by atoms with van der Waals surface area (Å²) in [5, 5.41) is 1.74. The average molecular weight is 316 g/mol. The van der Waals surface area contributed by atoms with E-state index in [4.69, 9.17) is 11.6 Å². The van der Waals surface area contributed by atoms with E-state index in [0.29, 0.717) is 11.4 Å². The van der Waals surface area contributed by atoms with Gasteiger partial charge in [-0.2, -0.15) is 4.57 Å². The first-order valence-electron chi connectivity index (χ1n) is 6.70. The van der Waals surface area contributed by atoms with Crippen LogP contribution >= 0.6 is 23.4 Å². The van der Waals surface area contributed by atoms with Crippen LogP contribution in [0, 0.1) is 0 Å². The van der Waals surface area contributed by atoms with E-state index in [2.05, 4.69) is 4.98 Å². The molecule has 0 bridgehead atoms. The first-order valence-corrected chi connectivity index (χ1v) is 7.96. The maximum Gasteiger partial charge on any atom is 0.324 e. The van der Waals surface area contributed by atoms with Crippen molar-refractivity contribution in [1.82, 2.24) is 4.57 Å². The lowest BCUT2D eigenvalue weighted by molar-refractivity contribution is -0.398. The summed E-state index contributed by atoms with van der Waals surface area (Å²) in [6.07, 6.45) is 0.492. The maximum absolute atomic E-state index is 12.5. The van der Waals surface area contributed by atoms with Crippen molar-refractivity contribution in [2.45, 2.75) is 16.8 Å². The van der Waals surface area contributed by atoms with E-state index >= 15 is 0 Å². The van der Waals surface area contributed by atoms with Gasteiger partial charge < -0.3 is 0 Å². The van der Waals surface area contributed by atoms with E-state index in [1.165, 1.54) is 0 Å². The zero-order chi connectivity index (χ0) is 14.4. The van der Waals surface area contributed by atoms with Gasteiger partial charge in [0.15, 0.2) is 11.0 Å². The Kier molecular flexibility index (Phi) is 3.01. The van der Waals surface area contributed by atoms with Gasteiger partial charge in [-0.05, 0) is 41.6 Å². The van der Waals surface area contributed by atoms with Crippen molar-refractivity contribution in [3.05, 3.63) is 59.1 Å². The summed E-state index contributed by atoms with van der Waals surface area (Å²) >= 11 is 7.62. The SMILES string of the molecule is O=C1CC(c2ccc(Cl)cc2)Sc2[nH+]c3ccccc3n21. The van der Waals surface area contributed by atoms with Crippen molar-refractivity contribution >= 4 is 40.3 Å². The summed E-state index contributed by atoms with van der Waals surface area (Å²) in [5.74, 6) is 0.126. The van der Waals surface area contributed by atoms with Gasteiger partial charge in [-0.3, -0.25) is 0 Å². The van der Waals surface area contributed by atoms with Crippen LogP contribution in [0.3, 0.4) is 0 Å². The van der Waals surface area contributed by atoms with Crippen molar-refractivity contribution in [3.8, 4) is 0 Å². The van der Waals surface area contributed by atoms with E-state index in [-0.39, 0.29) is 11.2 Å². The van der Waals surface area contributed by atoms with Gasteiger partial charge in [-0.1, -0.05) is 35.9 Å². The first kappa shape index (κ1) is 12.9. The predicted molar refractivity (Wildman–Crippen MR) is 83.8 cm³/mol. The lowest BCUT2D eigenvalue weighted by atomic mass is 10.1. The van der Waals surface area contributed by atoms with Gasteiger partial charge in [0.1, 0.15) is 0 Å². The number of para-hydroxylation sites is 2. The third-order valence-corrected chi connectivity index (χ3v) is 5.18. The zero-order valence-corrected chi connectivity index (χ0v) is 12.6. The highest BCUT2D eigenvalue weighted by molar-refractivity contribution is 7.99. The number of fused-ring (bicyclic) bond motifs is 3. The smallest absolute Gasteiger partial charge is 0.246 e. The van der Waals surface area contributed by atoms with Crippen molar-refractivity contribution in [1.29, 1.82) is 0 Å². The molecule has 1 aliphatic rings. The lowest BCUT2D eigenvalue weighted by Gasteiger charge is -2.17. The van der Waals surface area contributed by atoms with Crippen LogP contribution in [0.4, 0.5) is 0 Å². The Balaban J connectivity index is 1.78. The minimum atomic E-state index is 0.126. The van der Waals surface area contributed by atoms with Crippen LogP contribution in [0.15, 0.2) is 53.7 Å². The molecule has 0 saturated carbocycles. The van der Waals surface area contributed by atoms with Gasteiger partial charge in [0.2, 0.25) is 0 Å². The molecular weight excluding hydrogens is 304 g/mol. The fourth-order valence-electron chi connectivity index (χ4n) is 2.67. The topological polar surface area (TPSA) is 36.1 Å². The number of nitrogens with one attached hydrogen (secondary N) is 1. The Labute approximate surface area is 130 Å². The second kappa shape index (κ2) is 4.90. The predicted octanol–water partition coefficient (Wildman–Crippen LogP) is 3.99. The molecule has 104 valence electrons. The van der Waals surface area contributed by atoms with E-state index in [0.717, 1.165) is 21.8 Å². The second-order valence-electron chi connectivity index (χ2n) is 5.04. The maximum atomic E-state index is 12.5. The number of halogens is 1. The summed E-state index contributed by atoms with van der Waals surface area (Å²) in [6, 6.07) is 15.6. The minimum absolute atomic E-state index is 0.126. The number of carbonyl (C=O) groups excluding carboxylic acids is 1. The van der Waals surface area contributed by atoms with E-state index in [9.17, 15) is 4.79 Å². The third-order valence-electron chi connectivity index (χ3n) is 3.69. The molecular formula is C16H12ClN2OS+. The van der Waals surface area contributed by atoms with Gasteiger partial charge in [0.05, 0.1) is 11.7 Å². The summed E-state index contributed by atoms with van der Waals surface area (Å²) in [7, 11) is 0. The van der Waals surface area contributed by atoms with Crippen LogP contribution < -0.4 is 4.98 Å². The lowest BCUT2D eigenvalue weighted by Crippen LogP contribution is -2.22. The minimum Gasteiger partial charge on any atom is -0.246 e. The molecule has 3 nitrogen and oxygen atoms in total. The molecule has 1 unspecified atom stereocenters. The van der Waals surface area contributed by atoms with Crippen molar-refractivity contribution in [3.63, 3.8) is 0 Å². The number of aromatic amines is 1. The summed E-state index contributed by atoms with van der Waals surface area (Å²) in [6.45, 7) is 0. The number of aromatic nitrogens is 2. The fraction of sp³-hybridized carbons (Fsp3) is 0.125. The third kappa shape index (κ3) is 2.15. The summed E-state index contributed by atoms with van der Waals surface area (Å²) < 4.78 is 1.78. The molecule has 3 aromatic rings. The number of imidazole rings is 1. The van der Waals surface area contributed by atoms with Gasteiger partial charge in [0.25, 0.3) is 0 Å². The van der Waals surface area contributed by atoms with Crippen LogP contribution in [0.1, 0.15) is 22.0 Å². The fourth-order valence-corrected chi connectivity index (χ4v) is 4.06. The van der Waals surface area contributed by atoms with E-state index < -0.39 is 0 Å². The van der Waals surface area contributed by atoms with E-state index in [1.54, 1.807) is 16.3 Å². The number of hydrogen-bond acceptors (Lipinski definition) is 2. The van der Waals surface area contributed by atoms with Crippen LogP contribution in [-0.4, -0.2) is 10.5 Å². The molecule has 0 aliphatic carbocycles. The summed E-state index contributed by atoms with van der Waals surface area (Å²) in [4.78, 5) is 15.9. The Morgan fingerprint density at radius 1 is 1.14 bits per heavy atom.